The van der Waals surface area contributed by atoms with Gasteiger partial charge < -0.3 is 0 Å². The number of allylic oxidation sites excluding steroid dienone is 1. The average Bonchev–Trinajstić information content (AvgIpc) is 2.89. The minimum Gasteiger partial charge on any atom is -0.0802 e. The standard InChI is InChI=1S/C23H22/c1-3-23(2)15-12-13-20-18-10-5-4-8-16(18)17-9-6-7-11-19(17)22(20)21(23)14-15/h4-13,15,21H,3,14H2,1-2H3. The van der Waals surface area contributed by atoms with Crippen LogP contribution >= 0.6 is 0 Å². The molecule has 3 atom stereocenters. The molecule has 0 radical (unpaired) electrons. The van der Waals surface area contributed by atoms with Crippen molar-refractivity contribution in [3.8, 4) is 0 Å². The predicted octanol–water partition coefficient (Wildman–Crippen LogP) is 6.54. The molecule has 23 heavy (non-hydrogen) atoms. The molecule has 0 spiro atoms. The maximum Gasteiger partial charge on any atom is -0.00843 e. The van der Waals surface area contributed by atoms with Crippen LogP contribution in [0.15, 0.2) is 54.6 Å². The Morgan fingerprint density at radius 3 is 2.22 bits per heavy atom. The van der Waals surface area contributed by atoms with Crippen LogP contribution in [0.5, 0.6) is 0 Å². The Balaban J connectivity index is 1.98. The van der Waals surface area contributed by atoms with Crippen LogP contribution in [-0.2, 0) is 0 Å². The van der Waals surface area contributed by atoms with Crippen molar-refractivity contribution in [2.24, 2.45) is 11.3 Å². The maximum absolute atomic E-state index is 2.50. The lowest BCUT2D eigenvalue weighted by Crippen LogP contribution is -2.43. The fourth-order valence-corrected chi connectivity index (χ4v) is 5.11. The van der Waals surface area contributed by atoms with Crippen molar-refractivity contribution in [1.29, 1.82) is 0 Å². The van der Waals surface area contributed by atoms with E-state index >= 15 is 0 Å². The first-order valence-corrected chi connectivity index (χ1v) is 8.85. The Morgan fingerprint density at radius 1 is 0.913 bits per heavy atom. The summed E-state index contributed by atoms with van der Waals surface area (Å²) in [5, 5.41) is 5.70. The van der Waals surface area contributed by atoms with Crippen molar-refractivity contribution in [2.75, 3.05) is 0 Å². The molecule has 1 saturated carbocycles. The summed E-state index contributed by atoms with van der Waals surface area (Å²) in [5.41, 5.74) is 3.50. The van der Waals surface area contributed by atoms with Crippen LogP contribution in [-0.4, -0.2) is 0 Å². The van der Waals surface area contributed by atoms with E-state index < -0.39 is 0 Å². The molecule has 1 fully saturated rings. The van der Waals surface area contributed by atoms with Gasteiger partial charge in [-0.3, -0.25) is 0 Å². The molecule has 0 heteroatoms. The molecule has 0 amide bonds. The van der Waals surface area contributed by atoms with Gasteiger partial charge in [0.15, 0.2) is 0 Å². The monoisotopic (exact) mass is 298 g/mol. The third-order valence-electron chi connectivity index (χ3n) is 6.75. The average molecular weight is 298 g/mol. The highest BCUT2D eigenvalue weighted by atomic mass is 14.5. The summed E-state index contributed by atoms with van der Waals surface area (Å²) < 4.78 is 0. The van der Waals surface area contributed by atoms with Gasteiger partial charge in [0.25, 0.3) is 0 Å². The molecule has 0 heterocycles. The topological polar surface area (TPSA) is 0 Å². The summed E-state index contributed by atoms with van der Waals surface area (Å²) in [7, 11) is 0. The van der Waals surface area contributed by atoms with Crippen LogP contribution in [0.2, 0.25) is 0 Å². The molecule has 2 bridgehead atoms. The number of hydrogen-bond acceptors (Lipinski definition) is 0. The lowest BCUT2D eigenvalue weighted by Gasteiger charge is -2.53. The molecule has 0 saturated heterocycles. The van der Waals surface area contributed by atoms with Crippen LogP contribution in [0.4, 0.5) is 0 Å². The quantitative estimate of drug-likeness (QED) is 0.447. The summed E-state index contributed by atoms with van der Waals surface area (Å²) >= 11 is 0. The van der Waals surface area contributed by atoms with E-state index in [4.69, 9.17) is 0 Å². The molecular weight excluding hydrogens is 276 g/mol. The van der Waals surface area contributed by atoms with Crippen LogP contribution in [0.1, 0.15) is 43.7 Å². The Hall–Kier alpha value is -2.08. The molecule has 3 aliphatic carbocycles. The van der Waals surface area contributed by atoms with E-state index in [1.807, 2.05) is 0 Å². The number of rotatable bonds is 1. The fourth-order valence-electron chi connectivity index (χ4n) is 5.11. The Morgan fingerprint density at radius 2 is 1.52 bits per heavy atom. The fraction of sp³-hybridized carbons (Fsp3) is 0.304. The molecule has 3 aromatic rings. The summed E-state index contributed by atoms with van der Waals surface area (Å²) in [6, 6.07) is 17.9. The summed E-state index contributed by atoms with van der Waals surface area (Å²) in [4.78, 5) is 0. The number of benzene rings is 3. The summed E-state index contributed by atoms with van der Waals surface area (Å²) in [6.45, 7) is 4.86. The minimum atomic E-state index is 0.424. The molecule has 114 valence electrons. The van der Waals surface area contributed by atoms with E-state index in [1.165, 1.54) is 39.9 Å². The van der Waals surface area contributed by atoms with Gasteiger partial charge in [0.2, 0.25) is 0 Å². The van der Waals surface area contributed by atoms with Crippen molar-refractivity contribution in [3.05, 3.63) is 65.7 Å². The normalized spacial score (nSPS) is 28.4. The third kappa shape index (κ3) is 1.57. The van der Waals surface area contributed by atoms with E-state index in [9.17, 15) is 0 Å². The molecule has 0 nitrogen and oxygen atoms in total. The highest BCUT2D eigenvalue weighted by molar-refractivity contribution is 6.13. The van der Waals surface area contributed by atoms with Gasteiger partial charge in [-0.2, -0.15) is 0 Å². The third-order valence-corrected chi connectivity index (χ3v) is 6.75. The van der Waals surface area contributed by atoms with Gasteiger partial charge in [0.05, 0.1) is 0 Å². The van der Waals surface area contributed by atoms with E-state index in [2.05, 4.69) is 74.5 Å². The minimum absolute atomic E-state index is 0.424. The molecule has 0 N–H and O–H groups in total. The SMILES string of the molecule is CCC1(C)C2C=Cc3c(c4ccccc4c4ccccc34)C1C2. The van der Waals surface area contributed by atoms with Crippen molar-refractivity contribution in [1.82, 2.24) is 0 Å². The zero-order valence-corrected chi connectivity index (χ0v) is 13.8. The zero-order chi connectivity index (χ0) is 15.6. The Bertz CT molecular complexity index is 962. The van der Waals surface area contributed by atoms with Crippen molar-refractivity contribution < 1.29 is 0 Å². The van der Waals surface area contributed by atoms with E-state index in [-0.39, 0.29) is 0 Å². The number of hydrogen-bond donors (Lipinski definition) is 0. The molecule has 3 aliphatic rings. The van der Waals surface area contributed by atoms with Gasteiger partial charge >= 0.3 is 0 Å². The van der Waals surface area contributed by atoms with Gasteiger partial charge in [0, 0.05) is 0 Å². The maximum atomic E-state index is 2.50. The van der Waals surface area contributed by atoms with E-state index in [0.717, 1.165) is 5.92 Å². The second-order valence-electron chi connectivity index (χ2n) is 7.53. The Labute approximate surface area is 137 Å². The molecular formula is C23H22. The van der Waals surface area contributed by atoms with Gasteiger partial charge in [0.1, 0.15) is 0 Å². The lowest BCUT2D eigenvalue weighted by atomic mass is 9.51. The molecule has 0 aromatic heterocycles. The highest BCUT2D eigenvalue weighted by Crippen LogP contribution is 2.63. The van der Waals surface area contributed by atoms with Crippen LogP contribution in [0.3, 0.4) is 0 Å². The second-order valence-corrected chi connectivity index (χ2v) is 7.53. The molecule has 0 aliphatic heterocycles. The van der Waals surface area contributed by atoms with Crippen LogP contribution < -0.4 is 0 Å². The molecule has 6 rings (SSSR count). The largest absolute Gasteiger partial charge is 0.0802 e. The lowest BCUT2D eigenvalue weighted by molar-refractivity contribution is 0.0465. The van der Waals surface area contributed by atoms with Gasteiger partial charge in [-0.25, -0.2) is 0 Å². The molecule has 3 unspecified atom stereocenters. The summed E-state index contributed by atoms with van der Waals surface area (Å²) in [6.07, 6.45) is 7.49. The first-order chi connectivity index (χ1) is 11.2. The summed E-state index contributed by atoms with van der Waals surface area (Å²) in [5.74, 6) is 1.43. The van der Waals surface area contributed by atoms with E-state index in [1.54, 1.807) is 5.56 Å². The van der Waals surface area contributed by atoms with Crippen molar-refractivity contribution >= 4 is 27.6 Å². The first-order valence-electron chi connectivity index (χ1n) is 8.85. The second kappa shape index (κ2) is 4.47. The van der Waals surface area contributed by atoms with Crippen molar-refractivity contribution in [2.45, 2.75) is 32.6 Å². The van der Waals surface area contributed by atoms with Gasteiger partial charge in [-0.05, 0) is 62.8 Å². The number of fused-ring (bicyclic) bond motifs is 3. The predicted molar refractivity (Wildman–Crippen MR) is 99.7 cm³/mol. The van der Waals surface area contributed by atoms with Gasteiger partial charge in [-0.15, -0.1) is 0 Å². The molecule has 3 aromatic carbocycles. The first kappa shape index (κ1) is 13.4. The van der Waals surface area contributed by atoms with Crippen molar-refractivity contribution in [3.63, 3.8) is 0 Å². The Kier molecular flexibility index (Phi) is 2.60. The highest BCUT2D eigenvalue weighted by Gasteiger charge is 2.51. The zero-order valence-electron chi connectivity index (χ0n) is 13.8. The smallest absolute Gasteiger partial charge is 0.00843 e. The van der Waals surface area contributed by atoms with Crippen LogP contribution in [0.25, 0.3) is 27.6 Å². The van der Waals surface area contributed by atoms with Gasteiger partial charge in [-0.1, -0.05) is 74.5 Å². The van der Waals surface area contributed by atoms with Crippen LogP contribution in [0, 0.1) is 11.3 Å². The van der Waals surface area contributed by atoms with E-state index in [0.29, 0.717) is 11.3 Å².